The maximum Gasteiger partial charge on any atom is 0.417 e. The van der Waals surface area contributed by atoms with Crippen molar-refractivity contribution in [2.75, 3.05) is 36.5 Å². The predicted molar refractivity (Wildman–Crippen MR) is 153 cm³/mol. The molecule has 8 nitrogen and oxygen atoms in total. The van der Waals surface area contributed by atoms with Gasteiger partial charge in [-0.2, -0.15) is 13.2 Å². The lowest BCUT2D eigenvalue weighted by molar-refractivity contribution is -0.137. The molecule has 3 heterocycles. The normalized spacial score (nSPS) is 20.2. The first-order chi connectivity index (χ1) is 19.5. The first-order valence-electron chi connectivity index (χ1n) is 14.3. The molecule has 2 atom stereocenters. The van der Waals surface area contributed by atoms with Gasteiger partial charge in [-0.05, 0) is 95.3 Å². The fourth-order valence-corrected chi connectivity index (χ4v) is 5.99. The van der Waals surface area contributed by atoms with Crippen molar-refractivity contribution in [1.82, 2.24) is 4.90 Å². The number of alkyl halides is 3. The number of halogens is 3. The number of nitrogens with one attached hydrogen (secondary N) is 1. The molecule has 3 aliphatic heterocycles. The Morgan fingerprint density at radius 1 is 0.976 bits per heavy atom. The molecular weight excluding hydrogens is 551 g/mol. The molecule has 0 spiro atoms. The first-order valence-corrected chi connectivity index (χ1v) is 14.3. The van der Waals surface area contributed by atoms with Gasteiger partial charge >= 0.3 is 18.4 Å². The van der Waals surface area contributed by atoms with Gasteiger partial charge in [0.05, 0.1) is 17.9 Å². The predicted octanol–water partition coefficient (Wildman–Crippen LogP) is 7.41. The van der Waals surface area contributed by atoms with Crippen LogP contribution in [0.2, 0.25) is 0 Å². The lowest BCUT2D eigenvalue weighted by atomic mass is 9.87. The molecule has 0 aliphatic carbocycles. The summed E-state index contributed by atoms with van der Waals surface area (Å²) in [6, 6.07) is 7.29. The lowest BCUT2D eigenvalue weighted by Gasteiger charge is -2.39. The van der Waals surface area contributed by atoms with Crippen LogP contribution in [-0.4, -0.2) is 60.6 Å². The number of hydrogen-bond donors (Lipinski definition) is 1. The molecule has 2 aromatic carbocycles. The molecule has 0 saturated carbocycles. The molecule has 5 rings (SSSR count). The summed E-state index contributed by atoms with van der Waals surface area (Å²) in [5.41, 5.74) is -0.256. The second-order valence-electron chi connectivity index (χ2n) is 13.1. The minimum absolute atomic E-state index is 0.0256. The van der Waals surface area contributed by atoms with Gasteiger partial charge in [-0.1, -0.05) is 6.07 Å². The number of ether oxygens (including phenoxy) is 3. The molecule has 0 radical (unpaired) electrons. The molecule has 2 aromatic rings. The number of amides is 2. The first kappa shape index (κ1) is 29.8. The second-order valence-corrected chi connectivity index (χ2v) is 13.1. The fraction of sp³-hybridized carbons (Fsp3) is 0.548. The van der Waals surface area contributed by atoms with Crippen LogP contribution in [0.15, 0.2) is 30.3 Å². The number of fused-ring (bicyclic) bond motifs is 3. The zero-order valence-corrected chi connectivity index (χ0v) is 24.9. The molecule has 1 N–H and O–H groups in total. The van der Waals surface area contributed by atoms with Crippen molar-refractivity contribution in [3.63, 3.8) is 0 Å². The van der Waals surface area contributed by atoms with Gasteiger partial charge in [0.25, 0.3) is 0 Å². The highest BCUT2D eigenvalue weighted by molar-refractivity contribution is 5.87. The highest BCUT2D eigenvalue weighted by atomic mass is 19.4. The van der Waals surface area contributed by atoms with Crippen molar-refractivity contribution in [1.29, 1.82) is 0 Å². The van der Waals surface area contributed by atoms with Crippen molar-refractivity contribution in [2.24, 2.45) is 0 Å². The van der Waals surface area contributed by atoms with E-state index in [2.05, 4.69) is 10.2 Å². The number of hydrogen-bond acceptors (Lipinski definition) is 6. The molecule has 3 aliphatic rings. The van der Waals surface area contributed by atoms with Gasteiger partial charge in [-0.3, -0.25) is 5.32 Å². The van der Waals surface area contributed by atoms with E-state index in [1.807, 2.05) is 20.8 Å². The van der Waals surface area contributed by atoms with Crippen LogP contribution >= 0.6 is 0 Å². The van der Waals surface area contributed by atoms with Crippen LogP contribution in [0.25, 0.3) is 11.1 Å². The monoisotopic (exact) mass is 589 g/mol. The summed E-state index contributed by atoms with van der Waals surface area (Å²) in [6.07, 6.45) is -4.43. The van der Waals surface area contributed by atoms with Crippen LogP contribution in [0.4, 0.5) is 34.1 Å². The summed E-state index contributed by atoms with van der Waals surface area (Å²) in [5.74, 6) is 0.436. The summed E-state index contributed by atoms with van der Waals surface area (Å²) in [4.78, 5) is 29.2. The Morgan fingerprint density at radius 3 is 2.36 bits per heavy atom. The number of rotatable bonds is 2. The van der Waals surface area contributed by atoms with Crippen molar-refractivity contribution in [2.45, 2.75) is 83.7 Å². The minimum Gasteiger partial charge on any atom is -0.491 e. The van der Waals surface area contributed by atoms with Gasteiger partial charge in [-0.25, -0.2) is 9.59 Å². The molecular formula is C31H38F3N3O5. The van der Waals surface area contributed by atoms with E-state index in [1.165, 1.54) is 12.1 Å². The van der Waals surface area contributed by atoms with Crippen molar-refractivity contribution in [3.8, 4) is 16.9 Å². The number of piperidine rings is 1. The lowest BCUT2D eigenvalue weighted by Crippen LogP contribution is -2.49. The third-order valence-corrected chi connectivity index (χ3v) is 7.50. The maximum absolute atomic E-state index is 14.4. The van der Waals surface area contributed by atoms with E-state index >= 15 is 0 Å². The smallest absolute Gasteiger partial charge is 0.417 e. The summed E-state index contributed by atoms with van der Waals surface area (Å²) in [7, 11) is 0. The Kier molecular flexibility index (Phi) is 7.52. The molecule has 0 aromatic heterocycles. The van der Waals surface area contributed by atoms with Gasteiger partial charge in [-0.15, -0.1) is 0 Å². The summed E-state index contributed by atoms with van der Waals surface area (Å²) < 4.78 is 60.2. The highest BCUT2D eigenvalue weighted by Gasteiger charge is 2.46. The van der Waals surface area contributed by atoms with Gasteiger partial charge in [0.2, 0.25) is 0 Å². The van der Waals surface area contributed by atoms with Crippen LogP contribution in [0.5, 0.6) is 5.75 Å². The second kappa shape index (κ2) is 10.6. The largest absolute Gasteiger partial charge is 0.491 e. The van der Waals surface area contributed by atoms with E-state index in [0.717, 1.165) is 30.3 Å². The molecule has 1 saturated heterocycles. The summed E-state index contributed by atoms with van der Waals surface area (Å²) in [5, 5.41) is 2.40. The van der Waals surface area contributed by atoms with Crippen LogP contribution in [0, 0.1) is 0 Å². The third-order valence-electron chi connectivity index (χ3n) is 7.50. The average molecular weight is 590 g/mol. The van der Waals surface area contributed by atoms with E-state index in [-0.39, 0.29) is 23.2 Å². The van der Waals surface area contributed by atoms with Crippen LogP contribution in [-0.2, 0) is 15.7 Å². The molecule has 0 unspecified atom stereocenters. The Morgan fingerprint density at radius 2 is 1.69 bits per heavy atom. The standard InChI is InChI=1S/C31H38F3N3O5/c1-29(2,3)41-27(38)35-19-8-9-20(23(16-19)31(32,33)34)18-14-21-22-17-36(28(39)42-30(4,5)6)12-10-24(22)37-11-7-13-40-25(15-18)26(21)37/h8-9,14-16,22,24H,7,10-13,17H2,1-6H3,(H,35,38)/t22-,24-/m0/s1. The van der Waals surface area contributed by atoms with E-state index in [4.69, 9.17) is 14.2 Å². The Labute approximate surface area is 244 Å². The molecule has 2 amide bonds. The maximum atomic E-state index is 14.4. The van der Waals surface area contributed by atoms with Crippen LogP contribution in [0.1, 0.15) is 71.4 Å². The molecule has 1 fully saturated rings. The third kappa shape index (κ3) is 6.24. The van der Waals surface area contributed by atoms with Gasteiger partial charge in [0, 0.05) is 37.3 Å². The average Bonchev–Trinajstić information content (AvgIpc) is 3.00. The van der Waals surface area contributed by atoms with Gasteiger partial charge in [0.15, 0.2) is 0 Å². The number of carbonyl (C=O) groups is 2. The number of anilines is 2. The molecule has 228 valence electrons. The molecule has 42 heavy (non-hydrogen) atoms. The Hall–Kier alpha value is -3.63. The van der Waals surface area contributed by atoms with Crippen molar-refractivity contribution >= 4 is 23.6 Å². The fourth-order valence-electron chi connectivity index (χ4n) is 5.99. The topological polar surface area (TPSA) is 80.3 Å². The Bertz CT molecular complexity index is 1380. The van der Waals surface area contributed by atoms with E-state index < -0.39 is 35.1 Å². The van der Waals surface area contributed by atoms with Crippen LogP contribution in [0.3, 0.4) is 0 Å². The SMILES string of the molecule is CC(C)(C)OC(=O)Nc1ccc(-c2cc3c4c(c2)[C@@H]2CN(C(=O)OC(C)(C)C)CC[C@@H]2N4CCCO3)c(C(F)(F)F)c1. The van der Waals surface area contributed by atoms with Gasteiger partial charge < -0.3 is 24.0 Å². The van der Waals surface area contributed by atoms with E-state index in [9.17, 15) is 22.8 Å². The highest BCUT2D eigenvalue weighted by Crippen LogP contribution is 2.52. The van der Waals surface area contributed by atoms with Gasteiger partial charge in [0.1, 0.15) is 17.0 Å². The zero-order valence-electron chi connectivity index (χ0n) is 24.9. The van der Waals surface area contributed by atoms with E-state index in [0.29, 0.717) is 37.4 Å². The summed E-state index contributed by atoms with van der Waals surface area (Å²) in [6.45, 7) is 12.6. The zero-order chi connectivity index (χ0) is 30.6. The van der Waals surface area contributed by atoms with E-state index in [1.54, 1.807) is 37.8 Å². The Balaban J connectivity index is 1.53. The number of nitrogens with zero attached hydrogens (tertiary/aromatic N) is 2. The molecule has 11 heteroatoms. The number of benzene rings is 2. The van der Waals surface area contributed by atoms with Crippen LogP contribution < -0.4 is 15.0 Å². The van der Waals surface area contributed by atoms with Crippen molar-refractivity contribution < 1.29 is 37.0 Å². The number of likely N-dealkylation sites (tertiary alicyclic amines) is 1. The minimum atomic E-state index is -4.69. The number of carbonyl (C=O) groups excluding carboxylic acids is 2. The van der Waals surface area contributed by atoms with Crippen molar-refractivity contribution in [3.05, 3.63) is 41.5 Å². The molecule has 0 bridgehead atoms. The summed E-state index contributed by atoms with van der Waals surface area (Å²) >= 11 is 0. The quantitative estimate of drug-likeness (QED) is 0.393.